The van der Waals surface area contributed by atoms with E-state index in [1.807, 2.05) is 30.3 Å². The number of hydrogen-bond acceptors (Lipinski definition) is 7. The maximum absolute atomic E-state index is 13.4. The molecule has 9 heteroatoms. The lowest BCUT2D eigenvalue weighted by atomic mass is 9.91. The molecule has 0 saturated heterocycles. The van der Waals surface area contributed by atoms with Crippen molar-refractivity contribution in [2.24, 2.45) is 0 Å². The molecule has 1 aliphatic rings. The van der Waals surface area contributed by atoms with Crippen LogP contribution in [-0.4, -0.2) is 49.9 Å². The highest BCUT2D eigenvalue weighted by atomic mass is 16.5. The molecule has 0 aliphatic heterocycles. The van der Waals surface area contributed by atoms with Crippen molar-refractivity contribution < 1.29 is 19.4 Å². The van der Waals surface area contributed by atoms with Gasteiger partial charge in [0.2, 0.25) is 5.91 Å². The number of benzene rings is 2. The molecule has 1 aliphatic carbocycles. The third-order valence-corrected chi connectivity index (χ3v) is 6.60. The minimum atomic E-state index is -1.01. The molecule has 190 valence electrons. The van der Waals surface area contributed by atoms with Gasteiger partial charge in [0, 0.05) is 23.8 Å². The molecule has 9 nitrogen and oxygen atoms in total. The number of carbonyl (C=O) groups excluding carboxylic acids is 2. The number of fused-ring (bicyclic) bond motifs is 1. The van der Waals surface area contributed by atoms with Gasteiger partial charge in [0.25, 0.3) is 0 Å². The molecule has 2 heterocycles. The lowest BCUT2D eigenvalue weighted by Gasteiger charge is -2.30. The topological polar surface area (TPSA) is 129 Å². The van der Waals surface area contributed by atoms with Gasteiger partial charge in [-0.2, -0.15) is 0 Å². The average Bonchev–Trinajstić information content (AvgIpc) is 3.36. The zero-order valence-corrected chi connectivity index (χ0v) is 20.5. The Bertz CT molecular complexity index is 1380. The number of aromatic amines is 1. The fraction of sp³-hybridized carbons (Fsp3) is 0.286. The number of ether oxygens (including phenoxy) is 1. The molecule has 1 atom stereocenters. The fourth-order valence-electron chi connectivity index (χ4n) is 4.60. The number of aromatic nitrogens is 3. The van der Waals surface area contributed by atoms with E-state index in [0.29, 0.717) is 33.7 Å². The molecular formula is C28H29N5O4. The van der Waals surface area contributed by atoms with E-state index in [4.69, 9.17) is 4.74 Å². The molecule has 2 aromatic heterocycles. The molecule has 1 fully saturated rings. The first-order valence-electron chi connectivity index (χ1n) is 12.4. The van der Waals surface area contributed by atoms with Crippen molar-refractivity contribution in [2.75, 3.05) is 5.32 Å². The van der Waals surface area contributed by atoms with E-state index in [1.54, 1.807) is 30.5 Å². The lowest BCUT2D eigenvalue weighted by molar-refractivity contribution is -0.129. The van der Waals surface area contributed by atoms with Crippen LogP contribution in [0.3, 0.4) is 0 Å². The summed E-state index contributed by atoms with van der Waals surface area (Å²) in [7, 11) is 0. The zero-order valence-electron chi connectivity index (χ0n) is 20.5. The number of nitrogens with zero attached hydrogens (tertiary/aromatic N) is 2. The van der Waals surface area contributed by atoms with Gasteiger partial charge in [-0.25, -0.2) is 9.97 Å². The van der Waals surface area contributed by atoms with E-state index >= 15 is 0 Å². The van der Waals surface area contributed by atoms with Gasteiger partial charge in [-0.1, -0.05) is 18.2 Å². The number of rotatable bonds is 8. The molecule has 2 aromatic carbocycles. The maximum Gasteiger partial charge on any atom is 0.248 e. The summed E-state index contributed by atoms with van der Waals surface area (Å²) >= 11 is 0. The summed E-state index contributed by atoms with van der Waals surface area (Å²) in [5.74, 6) is 1.50. The SMILES string of the molecule is C[C@H](O)C(=O)NC1CCC(Nc2ncnc3[nH]cc(C(=O)c4ccc(Oc5ccccc5)cc4)c23)CC1. The Balaban J connectivity index is 1.29. The summed E-state index contributed by atoms with van der Waals surface area (Å²) in [6.45, 7) is 1.46. The van der Waals surface area contributed by atoms with Crippen LogP contribution in [0.4, 0.5) is 5.82 Å². The highest BCUT2D eigenvalue weighted by Gasteiger charge is 2.25. The van der Waals surface area contributed by atoms with E-state index in [0.717, 1.165) is 31.4 Å². The standard InChI is InChI=1S/C28H29N5O4/c1-17(34)28(36)33-20-11-9-19(10-12-20)32-27-24-23(15-29-26(24)30-16-31-27)25(35)18-7-13-22(14-8-18)37-21-5-3-2-4-6-21/h2-8,13-17,19-20,34H,9-12H2,1H3,(H,33,36)(H2,29,30,31,32)/t17-,19?,20?/m0/s1. The normalized spacial score (nSPS) is 18.2. The molecule has 4 aromatic rings. The van der Waals surface area contributed by atoms with E-state index in [-0.39, 0.29) is 23.8 Å². The van der Waals surface area contributed by atoms with Crippen molar-refractivity contribution in [1.29, 1.82) is 0 Å². The Morgan fingerprint density at radius 2 is 1.65 bits per heavy atom. The molecule has 5 rings (SSSR count). The minimum absolute atomic E-state index is 0.0452. The number of aliphatic hydroxyl groups is 1. The number of amides is 1. The van der Waals surface area contributed by atoms with Crippen LogP contribution in [-0.2, 0) is 4.79 Å². The monoisotopic (exact) mass is 499 g/mol. The van der Waals surface area contributed by atoms with Gasteiger partial charge >= 0.3 is 0 Å². The number of H-pyrrole nitrogens is 1. The van der Waals surface area contributed by atoms with Gasteiger partial charge in [0.05, 0.1) is 10.9 Å². The minimum Gasteiger partial charge on any atom is -0.457 e. The molecule has 1 saturated carbocycles. The molecule has 0 unspecified atom stereocenters. The van der Waals surface area contributed by atoms with Crippen LogP contribution >= 0.6 is 0 Å². The highest BCUT2D eigenvalue weighted by Crippen LogP contribution is 2.29. The maximum atomic E-state index is 13.4. The second kappa shape index (κ2) is 10.8. The Kier molecular flexibility index (Phi) is 7.14. The van der Waals surface area contributed by atoms with E-state index < -0.39 is 6.10 Å². The van der Waals surface area contributed by atoms with Crippen LogP contribution in [0.25, 0.3) is 11.0 Å². The van der Waals surface area contributed by atoms with Gasteiger partial charge in [0.1, 0.15) is 35.4 Å². The summed E-state index contributed by atoms with van der Waals surface area (Å²) in [5, 5.41) is 16.5. The summed E-state index contributed by atoms with van der Waals surface area (Å²) in [6.07, 6.45) is 5.37. The zero-order chi connectivity index (χ0) is 25.8. The fourth-order valence-corrected chi connectivity index (χ4v) is 4.60. The summed E-state index contributed by atoms with van der Waals surface area (Å²) in [4.78, 5) is 37.1. The van der Waals surface area contributed by atoms with Crippen molar-refractivity contribution in [1.82, 2.24) is 20.3 Å². The number of anilines is 1. The first-order chi connectivity index (χ1) is 18.0. The average molecular weight is 500 g/mol. The highest BCUT2D eigenvalue weighted by molar-refractivity contribution is 6.18. The summed E-state index contributed by atoms with van der Waals surface area (Å²) in [6, 6.07) is 16.7. The second-order valence-corrected chi connectivity index (χ2v) is 9.29. The van der Waals surface area contributed by atoms with Crippen LogP contribution in [0, 0.1) is 0 Å². The van der Waals surface area contributed by atoms with Gasteiger partial charge in [-0.05, 0) is 69.0 Å². The van der Waals surface area contributed by atoms with E-state index in [2.05, 4.69) is 25.6 Å². The van der Waals surface area contributed by atoms with Gasteiger partial charge in [-0.3, -0.25) is 9.59 Å². The molecule has 1 amide bonds. The number of carbonyl (C=O) groups is 2. The second-order valence-electron chi connectivity index (χ2n) is 9.29. The number of nitrogens with one attached hydrogen (secondary N) is 3. The third-order valence-electron chi connectivity index (χ3n) is 6.60. The Morgan fingerprint density at radius 3 is 2.35 bits per heavy atom. The van der Waals surface area contributed by atoms with Gasteiger partial charge in [-0.15, -0.1) is 0 Å². The number of hydrogen-bond donors (Lipinski definition) is 4. The summed E-state index contributed by atoms with van der Waals surface area (Å²) in [5.41, 5.74) is 1.61. The first-order valence-corrected chi connectivity index (χ1v) is 12.4. The smallest absolute Gasteiger partial charge is 0.248 e. The van der Waals surface area contributed by atoms with Crippen LogP contribution < -0.4 is 15.4 Å². The van der Waals surface area contributed by atoms with E-state index in [1.165, 1.54) is 13.3 Å². The first kappa shape index (κ1) is 24.5. The Hall–Kier alpha value is -4.24. The van der Waals surface area contributed by atoms with Gasteiger partial charge in [0.15, 0.2) is 5.78 Å². The molecule has 37 heavy (non-hydrogen) atoms. The van der Waals surface area contributed by atoms with Gasteiger partial charge < -0.3 is 25.5 Å². The predicted octanol–water partition coefficient (Wildman–Crippen LogP) is 4.20. The Labute approximate surface area is 214 Å². The number of para-hydroxylation sites is 1. The summed E-state index contributed by atoms with van der Waals surface area (Å²) < 4.78 is 5.83. The van der Waals surface area contributed by atoms with Crippen molar-refractivity contribution in [3.05, 3.63) is 78.2 Å². The quantitative estimate of drug-likeness (QED) is 0.267. The molecule has 0 radical (unpaired) electrons. The van der Waals surface area contributed by atoms with Crippen LogP contribution in [0.2, 0.25) is 0 Å². The number of ketones is 1. The van der Waals surface area contributed by atoms with Crippen molar-refractivity contribution >= 4 is 28.5 Å². The number of aliphatic hydroxyl groups excluding tert-OH is 1. The van der Waals surface area contributed by atoms with Crippen molar-refractivity contribution in [3.8, 4) is 11.5 Å². The molecule has 0 bridgehead atoms. The largest absolute Gasteiger partial charge is 0.457 e. The van der Waals surface area contributed by atoms with Crippen molar-refractivity contribution in [2.45, 2.75) is 50.8 Å². The third kappa shape index (κ3) is 5.62. The molecular weight excluding hydrogens is 470 g/mol. The molecule has 4 N–H and O–H groups in total. The lowest BCUT2D eigenvalue weighted by Crippen LogP contribution is -2.43. The van der Waals surface area contributed by atoms with Crippen molar-refractivity contribution in [3.63, 3.8) is 0 Å². The van der Waals surface area contributed by atoms with Crippen LogP contribution in [0.5, 0.6) is 11.5 Å². The van der Waals surface area contributed by atoms with Crippen LogP contribution in [0.1, 0.15) is 48.5 Å². The van der Waals surface area contributed by atoms with Crippen LogP contribution in [0.15, 0.2) is 67.1 Å². The van der Waals surface area contributed by atoms with E-state index in [9.17, 15) is 14.7 Å². The predicted molar refractivity (Wildman–Crippen MR) is 140 cm³/mol. The Morgan fingerprint density at radius 1 is 0.973 bits per heavy atom. The molecule has 0 spiro atoms.